The average Bonchev–Trinajstić information content (AvgIpc) is 2.43. The summed E-state index contributed by atoms with van der Waals surface area (Å²) in [5.41, 5.74) is 0. The van der Waals surface area contributed by atoms with Gasteiger partial charge in [-0.1, -0.05) is 42.5 Å². The minimum atomic E-state index is -1.27. The zero-order chi connectivity index (χ0) is 12.5. The molecule has 18 heavy (non-hydrogen) atoms. The van der Waals surface area contributed by atoms with E-state index in [2.05, 4.69) is 61.1 Å². The summed E-state index contributed by atoms with van der Waals surface area (Å²) in [6.45, 7) is 2.23. The molecule has 3 aromatic carbocycles. The largest absolute Gasteiger partial charge is 0.419 e. The van der Waals surface area contributed by atoms with Gasteiger partial charge < -0.3 is 4.43 Å². The van der Waals surface area contributed by atoms with Crippen LogP contribution in [0, 0.1) is 0 Å². The van der Waals surface area contributed by atoms with Crippen LogP contribution in [0.1, 0.15) is 0 Å². The Morgan fingerprint density at radius 3 is 2.22 bits per heavy atom. The van der Waals surface area contributed by atoms with E-state index in [4.69, 9.17) is 4.43 Å². The average molecular weight is 252 g/mol. The predicted molar refractivity (Wildman–Crippen MR) is 81.1 cm³/mol. The van der Waals surface area contributed by atoms with Gasteiger partial charge in [-0.25, -0.2) is 0 Å². The fraction of sp³-hybridized carbons (Fsp3) is 0.125. The fourth-order valence-corrected chi connectivity index (χ4v) is 3.80. The number of hydrogen-bond donors (Lipinski definition) is 0. The highest BCUT2D eigenvalue weighted by molar-refractivity contribution is 6.68. The van der Waals surface area contributed by atoms with Gasteiger partial charge in [-0.05, 0) is 45.4 Å². The third-order valence-corrected chi connectivity index (χ3v) is 5.66. The molecule has 1 nitrogen and oxygen atoms in total. The van der Waals surface area contributed by atoms with Gasteiger partial charge in [0.15, 0.2) is 0 Å². The normalized spacial score (nSPS) is 13.0. The maximum Gasteiger partial charge on any atom is 0.205 e. The van der Waals surface area contributed by atoms with E-state index in [1.807, 2.05) is 7.11 Å². The van der Waals surface area contributed by atoms with Gasteiger partial charge in [0.05, 0.1) is 0 Å². The summed E-state index contributed by atoms with van der Waals surface area (Å²) in [5, 5.41) is 6.64. The predicted octanol–water partition coefficient (Wildman–Crippen LogP) is 3.20. The molecule has 0 saturated heterocycles. The van der Waals surface area contributed by atoms with Crippen LogP contribution < -0.4 is 5.19 Å². The maximum atomic E-state index is 5.60. The summed E-state index contributed by atoms with van der Waals surface area (Å²) >= 11 is 0. The molecule has 0 aliphatic carbocycles. The maximum absolute atomic E-state index is 5.60. The van der Waals surface area contributed by atoms with Crippen molar-refractivity contribution in [2.45, 2.75) is 6.55 Å². The molecule has 3 aromatic rings. The van der Waals surface area contributed by atoms with Crippen molar-refractivity contribution in [1.29, 1.82) is 0 Å². The molecule has 0 amide bonds. The Balaban J connectivity index is 2.36. The highest BCUT2D eigenvalue weighted by Crippen LogP contribution is 2.21. The second-order valence-corrected chi connectivity index (χ2v) is 7.02. The summed E-state index contributed by atoms with van der Waals surface area (Å²) in [5.74, 6) is 0. The molecule has 90 valence electrons. The molecular weight excluding hydrogens is 236 g/mol. The van der Waals surface area contributed by atoms with Gasteiger partial charge in [-0.3, -0.25) is 0 Å². The Morgan fingerprint density at radius 2 is 1.50 bits per heavy atom. The number of hydrogen-bond acceptors (Lipinski definition) is 1. The fourth-order valence-electron chi connectivity index (χ4n) is 2.47. The zero-order valence-electron chi connectivity index (χ0n) is 10.7. The molecule has 0 aliphatic heterocycles. The molecule has 1 unspecified atom stereocenters. The van der Waals surface area contributed by atoms with E-state index < -0.39 is 9.04 Å². The van der Waals surface area contributed by atoms with Crippen LogP contribution in [0.25, 0.3) is 21.5 Å². The second kappa shape index (κ2) is 4.56. The van der Waals surface area contributed by atoms with E-state index in [0.29, 0.717) is 0 Å². The van der Waals surface area contributed by atoms with Crippen LogP contribution in [0.15, 0.2) is 54.6 Å². The van der Waals surface area contributed by atoms with Crippen LogP contribution in [0.3, 0.4) is 0 Å². The lowest BCUT2D eigenvalue weighted by atomic mass is 10.0. The number of rotatable bonds is 2. The van der Waals surface area contributed by atoms with Crippen molar-refractivity contribution in [2.75, 3.05) is 7.11 Å². The third kappa shape index (κ3) is 1.84. The third-order valence-electron chi connectivity index (χ3n) is 3.57. The van der Waals surface area contributed by atoms with Crippen molar-refractivity contribution in [3.63, 3.8) is 0 Å². The van der Waals surface area contributed by atoms with Gasteiger partial charge in [0.2, 0.25) is 9.04 Å². The van der Waals surface area contributed by atoms with Crippen molar-refractivity contribution in [1.82, 2.24) is 0 Å². The summed E-state index contributed by atoms with van der Waals surface area (Å²) in [6.07, 6.45) is 0. The SMILES string of the molecule is CO[SiH](C)c1cccc2cc3ccccc3cc12. The lowest BCUT2D eigenvalue weighted by molar-refractivity contribution is 0.435. The first-order chi connectivity index (χ1) is 8.79. The van der Waals surface area contributed by atoms with E-state index in [1.165, 1.54) is 26.7 Å². The zero-order valence-corrected chi connectivity index (χ0v) is 11.8. The Bertz CT molecular complexity index is 706. The van der Waals surface area contributed by atoms with Crippen LogP contribution in [0.2, 0.25) is 6.55 Å². The minimum Gasteiger partial charge on any atom is -0.419 e. The molecule has 3 rings (SSSR count). The topological polar surface area (TPSA) is 9.23 Å². The van der Waals surface area contributed by atoms with Crippen molar-refractivity contribution >= 4 is 35.8 Å². The molecule has 0 fully saturated rings. The summed E-state index contributed by atoms with van der Waals surface area (Å²) in [7, 11) is 0.546. The second-order valence-electron chi connectivity index (χ2n) is 4.65. The highest BCUT2D eigenvalue weighted by atomic mass is 28.3. The van der Waals surface area contributed by atoms with Gasteiger partial charge in [0.1, 0.15) is 0 Å². The molecule has 0 bridgehead atoms. The molecule has 0 saturated carbocycles. The van der Waals surface area contributed by atoms with Gasteiger partial charge in [-0.2, -0.15) is 0 Å². The van der Waals surface area contributed by atoms with Gasteiger partial charge in [0.25, 0.3) is 0 Å². The first-order valence-electron chi connectivity index (χ1n) is 6.24. The quantitative estimate of drug-likeness (QED) is 0.503. The van der Waals surface area contributed by atoms with Gasteiger partial charge >= 0.3 is 0 Å². The van der Waals surface area contributed by atoms with Crippen LogP contribution in [0.5, 0.6) is 0 Å². The Kier molecular flexibility index (Phi) is 2.90. The molecule has 2 heteroatoms. The highest BCUT2D eigenvalue weighted by Gasteiger charge is 2.10. The molecule has 0 N–H and O–H groups in total. The number of fused-ring (bicyclic) bond motifs is 2. The molecule has 0 aliphatic rings. The molecule has 1 atom stereocenters. The summed E-state index contributed by atoms with van der Waals surface area (Å²) in [6, 6.07) is 19.6. The van der Waals surface area contributed by atoms with Gasteiger partial charge in [0, 0.05) is 7.11 Å². The van der Waals surface area contributed by atoms with Crippen molar-refractivity contribution in [2.24, 2.45) is 0 Å². The van der Waals surface area contributed by atoms with E-state index in [-0.39, 0.29) is 0 Å². The van der Waals surface area contributed by atoms with Crippen LogP contribution >= 0.6 is 0 Å². The summed E-state index contributed by atoms with van der Waals surface area (Å²) in [4.78, 5) is 0. The van der Waals surface area contributed by atoms with E-state index in [0.717, 1.165) is 0 Å². The van der Waals surface area contributed by atoms with Crippen LogP contribution in [-0.2, 0) is 4.43 Å². The smallest absolute Gasteiger partial charge is 0.205 e. The molecule has 0 heterocycles. The van der Waals surface area contributed by atoms with Crippen LogP contribution in [-0.4, -0.2) is 16.2 Å². The molecule has 0 spiro atoms. The first kappa shape index (κ1) is 11.4. The van der Waals surface area contributed by atoms with E-state index in [1.54, 1.807) is 0 Å². The summed E-state index contributed by atoms with van der Waals surface area (Å²) < 4.78 is 5.60. The van der Waals surface area contributed by atoms with Crippen LogP contribution in [0.4, 0.5) is 0 Å². The van der Waals surface area contributed by atoms with E-state index in [9.17, 15) is 0 Å². The lowest BCUT2D eigenvalue weighted by Gasteiger charge is -2.12. The Hall–Kier alpha value is -1.64. The van der Waals surface area contributed by atoms with Crippen molar-refractivity contribution in [3.05, 3.63) is 54.6 Å². The number of benzene rings is 3. The molecular formula is C16H16OSi. The van der Waals surface area contributed by atoms with Gasteiger partial charge in [-0.15, -0.1) is 0 Å². The minimum absolute atomic E-state index is 1.27. The van der Waals surface area contributed by atoms with Crippen molar-refractivity contribution < 1.29 is 4.43 Å². The van der Waals surface area contributed by atoms with Crippen molar-refractivity contribution in [3.8, 4) is 0 Å². The monoisotopic (exact) mass is 252 g/mol. The van der Waals surface area contributed by atoms with E-state index >= 15 is 0 Å². The molecule has 0 aromatic heterocycles. The Morgan fingerprint density at radius 1 is 0.833 bits per heavy atom. The first-order valence-corrected chi connectivity index (χ1v) is 8.44. The molecule has 0 radical (unpaired) electrons. The standard InChI is InChI=1S/C16H16OSi/c1-17-18(2)16-9-5-8-14-10-12-6-3-4-7-13(12)11-15(14)16/h3-11,18H,1-2H3. The lowest BCUT2D eigenvalue weighted by Crippen LogP contribution is -2.29. The Labute approximate surface area is 109 Å².